The van der Waals surface area contributed by atoms with Crippen LogP contribution >= 0.6 is 15.9 Å². The molecule has 7 heteroatoms. The second kappa shape index (κ2) is 8.09. The molecule has 3 nitrogen and oxygen atoms in total. The number of aryl methyl sites for hydroxylation is 1. The van der Waals surface area contributed by atoms with E-state index in [1.807, 2.05) is 30.3 Å². The molecule has 3 rings (SSSR count). The molecule has 0 saturated heterocycles. The van der Waals surface area contributed by atoms with Crippen LogP contribution in [0, 0.1) is 6.92 Å². The summed E-state index contributed by atoms with van der Waals surface area (Å²) in [6.07, 6.45) is -4.10. The van der Waals surface area contributed by atoms with Crippen LogP contribution < -0.4 is 5.43 Å². The van der Waals surface area contributed by atoms with Crippen LogP contribution in [0.1, 0.15) is 22.4 Å². The summed E-state index contributed by atoms with van der Waals surface area (Å²) in [5.41, 5.74) is 1.40. The fourth-order valence-electron chi connectivity index (χ4n) is 3.18. The van der Waals surface area contributed by atoms with E-state index in [0.717, 1.165) is 17.7 Å². The highest BCUT2D eigenvalue weighted by atomic mass is 79.9. The first kappa shape index (κ1) is 20.6. The van der Waals surface area contributed by atoms with Crippen molar-refractivity contribution in [2.75, 3.05) is 6.61 Å². The Balaban J connectivity index is 1.91. The fraction of sp³-hybridized carbons (Fsp3) is 0.286. The van der Waals surface area contributed by atoms with Crippen molar-refractivity contribution in [3.63, 3.8) is 0 Å². The lowest BCUT2D eigenvalue weighted by Crippen LogP contribution is -2.20. The third-order valence-electron chi connectivity index (χ3n) is 4.81. The third kappa shape index (κ3) is 4.15. The van der Waals surface area contributed by atoms with Crippen molar-refractivity contribution in [1.82, 2.24) is 4.57 Å². The molecule has 1 heterocycles. The molecule has 28 heavy (non-hydrogen) atoms. The number of nitrogens with zero attached hydrogens (tertiary/aromatic N) is 1. The quantitative estimate of drug-likeness (QED) is 0.485. The van der Waals surface area contributed by atoms with E-state index in [-0.39, 0.29) is 20.8 Å². The van der Waals surface area contributed by atoms with Crippen LogP contribution in [0.2, 0.25) is 0 Å². The first-order valence-electron chi connectivity index (χ1n) is 8.70. The number of hydrogen-bond acceptors (Lipinski definition) is 2. The van der Waals surface area contributed by atoms with Crippen LogP contribution in [-0.4, -0.2) is 11.2 Å². The minimum absolute atomic E-state index is 0.143. The lowest BCUT2D eigenvalue weighted by Gasteiger charge is -2.17. The van der Waals surface area contributed by atoms with Gasteiger partial charge in [-0.3, -0.25) is 4.79 Å². The summed E-state index contributed by atoms with van der Waals surface area (Å²) in [6.45, 7) is 2.52. The Kier molecular flexibility index (Phi) is 5.95. The summed E-state index contributed by atoms with van der Waals surface area (Å²) >= 11 is 3.15. The summed E-state index contributed by atoms with van der Waals surface area (Å²) in [5, 5.41) is 0.249. The van der Waals surface area contributed by atoms with Crippen molar-refractivity contribution in [2.24, 2.45) is 7.05 Å². The van der Waals surface area contributed by atoms with Gasteiger partial charge in [0.2, 0.25) is 0 Å². The first-order valence-corrected chi connectivity index (χ1v) is 9.50. The molecule has 0 atom stereocenters. The van der Waals surface area contributed by atoms with Crippen molar-refractivity contribution in [2.45, 2.75) is 26.1 Å². The van der Waals surface area contributed by atoms with E-state index in [1.165, 1.54) is 0 Å². The number of aromatic nitrogens is 1. The van der Waals surface area contributed by atoms with Crippen LogP contribution in [0.5, 0.6) is 0 Å². The molecule has 0 fully saturated rings. The lowest BCUT2D eigenvalue weighted by molar-refractivity contribution is -0.137. The maximum absolute atomic E-state index is 13.1. The first-order chi connectivity index (χ1) is 13.2. The maximum atomic E-state index is 13.1. The zero-order chi connectivity index (χ0) is 20.5. The fourth-order valence-corrected chi connectivity index (χ4v) is 3.81. The molecule has 0 unspecified atom stereocenters. The largest absolute Gasteiger partial charge is 0.416 e. The van der Waals surface area contributed by atoms with Gasteiger partial charge < -0.3 is 9.30 Å². The molecule has 148 valence electrons. The van der Waals surface area contributed by atoms with Crippen LogP contribution in [0.3, 0.4) is 0 Å². The normalized spacial score (nSPS) is 11.9. The molecule has 1 aromatic heterocycles. The van der Waals surface area contributed by atoms with Crippen LogP contribution in [0.25, 0.3) is 10.9 Å². The van der Waals surface area contributed by atoms with Crippen molar-refractivity contribution in [1.29, 1.82) is 0 Å². The summed E-state index contributed by atoms with van der Waals surface area (Å²) in [4.78, 5) is 13.0. The van der Waals surface area contributed by atoms with Gasteiger partial charge in [-0.1, -0.05) is 30.3 Å². The molecular weight excluding hydrogens is 435 g/mol. The number of hydrogen-bond donors (Lipinski definition) is 0. The second-order valence-corrected chi connectivity index (χ2v) is 7.44. The summed E-state index contributed by atoms with van der Waals surface area (Å²) in [7, 11) is 1.66. The highest BCUT2D eigenvalue weighted by molar-refractivity contribution is 9.10. The van der Waals surface area contributed by atoms with Crippen LogP contribution in [-0.2, 0) is 31.0 Å². The minimum atomic E-state index is -4.48. The number of rotatable bonds is 5. The van der Waals surface area contributed by atoms with E-state index in [9.17, 15) is 18.0 Å². The molecule has 0 aliphatic rings. The Hall–Kier alpha value is -2.12. The molecule has 0 aliphatic carbocycles. The van der Waals surface area contributed by atoms with E-state index >= 15 is 0 Å². The SMILES string of the molecule is Cc1c(CCOCc2ccccc2)c(=O)c2c(Br)cc(C(F)(F)F)cc2n1C. The van der Waals surface area contributed by atoms with Gasteiger partial charge in [0.05, 0.1) is 29.7 Å². The van der Waals surface area contributed by atoms with Crippen molar-refractivity contribution < 1.29 is 17.9 Å². The molecule has 0 amide bonds. The molecule has 2 aromatic carbocycles. The van der Waals surface area contributed by atoms with Gasteiger partial charge in [0.15, 0.2) is 5.43 Å². The Bertz CT molecular complexity index is 1060. The topological polar surface area (TPSA) is 31.2 Å². The number of ether oxygens (including phenoxy) is 1. The van der Waals surface area contributed by atoms with Crippen molar-refractivity contribution in [3.8, 4) is 0 Å². The van der Waals surface area contributed by atoms with Crippen molar-refractivity contribution >= 4 is 26.8 Å². The van der Waals surface area contributed by atoms with Gasteiger partial charge in [0.1, 0.15) is 0 Å². The summed E-state index contributed by atoms with van der Waals surface area (Å²) in [6, 6.07) is 11.7. The van der Waals surface area contributed by atoms with Gasteiger partial charge in [-0.2, -0.15) is 13.2 Å². The predicted octanol–water partition coefficient (Wildman–Crippen LogP) is 5.39. The molecule has 3 aromatic rings. The zero-order valence-corrected chi connectivity index (χ0v) is 17.0. The third-order valence-corrected chi connectivity index (χ3v) is 5.43. The Morgan fingerprint density at radius 3 is 2.46 bits per heavy atom. The van der Waals surface area contributed by atoms with E-state index in [2.05, 4.69) is 15.9 Å². The predicted molar refractivity (Wildman–Crippen MR) is 106 cm³/mol. The molecule has 0 N–H and O–H groups in total. The highest BCUT2D eigenvalue weighted by Crippen LogP contribution is 2.34. The highest BCUT2D eigenvalue weighted by Gasteiger charge is 2.32. The number of alkyl halides is 3. The Morgan fingerprint density at radius 2 is 1.82 bits per heavy atom. The van der Waals surface area contributed by atoms with Gasteiger partial charge >= 0.3 is 6.18 Å². The second-order valence-electron chi connectivity index (χ2n) is 6.59. The number of benzene rings is 2. The van der Waals surface area contributed by atoms with Crippen molar-refractivity contribution in [3.05, 3.63) is 79.5 Å². The Labute approximate surface area is 168 Å². The molecule has 0 aliphatic heterocycles. The zero-order valence-electron chi connectivity index (χ0n) is 15.4. The number of pyridine rings is 1. The van der Waals surface area contributed by atoms with E-state index < -0.39 is 11.7 Å². The smallest absolute Gasteiger partial charge is 0.376 e. The van der Waals surface area contributed by atoms with Gasteiger partial charge in [0.25, 0.3) is 0 Å². The van der Waals surface area contributed by atoms with E-state index in [1.54, 1.807) is 18.5 Å². The van der Waals surface area contributed by atoms with E-state index in [4.69, 9.17) is 4.74 Å². The standard InChI is InChI=1S/C21H19BrF3NO2/c1-13-16(8-9-28-12-14-6-4-3-5-7-14)20(27)19-17(22)10-15(21(23,24)25)11-18(19)26(13)2/h3-7,10-11H,8-9,12H2,1-2H3. The maximum Gasteiger partial charge on any atom is 0.416 e. The Morgan fingerprint density at radius 1 is 1.14 bits per heavy atom. The number of halogens is 4. The van der Waals surface area contributed by atoms with Crippen LogP contribution in [0.15, 0.2) is 51.7 Å². The molecule has 0 spiro atoms. The van der Waals surface area contributed by atoms with Crippen LogP contribution in [0.4, 0.5) is 13.2 Å². The lowest BCUT2D eigenvalue weighted by atomic mass is 10.0. The van der Waals surface area contributed by atoms with Gasteiger partial charge in [-0.25, -0.2) is 0 Å². The van der Waals surface area contributed by atoms with Gasteiger partial charge in [-0.15, -0.1) is 0 Å². The van der Waals surface area contributed by atoms with E-state index in [0.29, 0.717) is 30.9 Å². The number of fused-ring (bicyclic) bond motifs is 1. The molecule has 0 radical (unpaired) electrons. The van der Waals surface area contributed by atoms with Gasteiger partial charge in [0, 0.05) is 29.2 Å². The monoisotopic (exact) mass is 453 g/mol. The molecule has 0 saturated carbocycles. The average Bonchev–Trinajstić information content (AvgIpc) is 2.65. The minimum Gasteiger partial charge on any atom is -0.376 e. The molecular formula is C21H19BrF3NO2. The summed E-state index contributed by atoms with van der Waals surface area (Å²) < 4.78 is 46.8. The molecule has 0 bridgehead atoms. The van der Waals surface area contributed by atoms with Gasteiger partial charge in [-0.05, 0) is 40.5 Å². The summed E-state index contributed by atoms with van der Waals surface area (Å²) in [5.74, 6) is 0. The average molecular weight is 454 g/mol.